The van der Waals surface area contributed by atoms with E-state index in [0.29, 0.717) is 32.2 Å². The van der Waals surface area contributed by atoms with Crippen molar-refractivity contribution in [3.05, 3.63) is 45.2 Å². The summed E-state index contributed by atoms with van der Waals surface area (Å²) in [5, 5.41) is 15.5. The molecule has 1 fully saturated rings. The van der Waals surface area contributed by atoms with Gasteiger partial charge in [0.1, 0.15) is 12.0 Å². The molecule has 0 spiro atoms. The summed E-state index contributed by atoms with van der Waals surface area (Å²) in [6.07, 6.45) is 2.57. The summed E-state index contributed by atoms with van der Waals surface area (Å²) in [4.78, 5) is 48.3. The topological polar surface area (TPSA) is 184 Å². The quantitative estimate of drug-likeness (QED) is 0.110. The Balaban J connectivity index is 0.000000856. The Kier molecular flexibility index (Phi) is 14.2. The van der Waals surface area contributed by atoms with Crippen LogP contribution < -0.4 is 27.4 Å². The SMILES string of the molecule is CC(Cl)[C@H](N)C=O.CNCC(=O)N1CCC(NC(=O)/C(N)=C(/C=N)NC(=O)c2c(Cl)cccc2Cl)CC1. The molecule has 204 valence electrons. The molecule has 0 aliphatic carbocycles. The summed E-state index contributed by atoms with van der Waals surface area (Å²) < 4.78 is 0. The standard InChI is InChI=1S/C19H24Cl2N6O3.C4H8ClNO/c1-24-10-15(28)27-7-5-11(6-8-27)25-19(30)17(23)14(9-22)26-18(29)16-12(20)3-2-4-13(16)21;1-3(5)4(6)2-7/h2-4,9,11,22,24H,5-8,10,23H2,1H3,(H,25,30)(H,26,29);2-4H,6H2,1H3/b17-14+,22-9?;/t;3?,4-/m.1/s1. The van der Waals surface area contributed by atoms with Crippen LogP contribution in [0, 0.1) is 5.41 Å². The van der Waals surface area contributed by atoms with E-state index < -0.39 is 17.9 Å². The van der Waals surface area contributed by atoms with Crippen molar-refractivity contribution in [3.8, 4) is 0 Å². The van der Waals surface area contributed by atoms with Crippen molar-refractivity contribution < 1.29 is 19.2 Å². The molecular formula is C23H32Cl3N7O4. The van der Waals surface area contributed by atoms with Crippen LogP contribution in [0.25, 0.3) is 0 Å². The van der Waals surface area contributed by atoms with Gasteiger partial charge in [0.15, 0.2) is 0 Å². The van der Waals surface area contributed by atoms with Gasteiger partial charge in [-0.1, -0.05) is 29.3 Å². The number of carbonyl (C=O) groups excluding carboxylic acids is 4. The van der Waals surface area contributed by atoms with Crippen LogP contribution in [-0.4, -0.2) is 79.3 Å². The van der Waals surface area contributed by atoms with E-state index in [-0.39, 0.29) is 50.9 Å². The molecule has 14 heteroatoms. The molecule has 2 rings (SSSR count). The highest BCUT2D eigenvalue weighted by Gasteiger charge is 2.25. The summed E-state index contributed by atoms with van der Waals surface area (Å²) in [7, 11) is 1.71. The average Bonchev–Trinajstić information content (AvgIpc) is 2.87. The van der Waals surface area contributed by atoms with Gasteiger partial charge < -0.3 is 42.5 Å². The van der Waals surface area contributed by atoms with Gasteiger partial charge in [0.05, 0.1) is 39.3 Å². The molecular weight excluding hydrogens is 545 g/mol. The lowest BCUT2D eigenvalue weighted by atomic mass is 10.0. The zero-order valence-corrected chi connectivity index (χ0v) is 22.8. The number of hydrogen-bond donors (Lipinski definition) is 6. The third-order valence-electron chi connectivity index (χ3n) is 5.32. The molecule has 8 N–H and O–H groups in total. The zero-order valence-electron chi connectivity index (χ0n) is 20.5. The summed E-state index contributed by atoms with van der Waals surface area (Å²) in [5.41, 5.74) is 10.5. The van der Waals surface area contributed by atoms with Crippen LogP contribution in [-0.2, 0) is 14.4 Å². The minimum atomic E-state index is -0.684. The Hall–Kier alpha value is -2.70. The van der Waals surface area contributed by atoms with Crippen LogP contribution in [0.15, 0.2) is 29.6 Å². The highest BCUT2D eigenvalue weighted by Crippen LogP contribution is 2.24. The number of nitrogens with one attached hydrogen (secondary N) is 4. The smallest absolute Gasteiger partial charge is 0.269 e. The number of likely N-dealkylation sites (tertiary alicyclic amines) is 1. The zero-order chi connectivity index (χ0) is 28.1. The van der Waals surface area contributed by atoms with Gasteiger partial charge in [-0.3, -0.25) is 14.4 Å². The number of nitrogens with zero attached hydrogens (tertiary/aromatic N) is 1. The molecule has 1 aliphatic rings. The van der Waals surface area contributed by atoms with E-state index in [9.17, 15) is 19.2 Å². The number of allylic oxidation sites excluding steroid dienone is 1. The van der Waals surface area contributed by atoms with Gasteiger partial charge >= 0.3 is 0 Å². The lowest BCUT2D eigenvalue weighted by Crippen LogP contribution is -2.49. The molecule has 1 saturated heterocycles. The Morgan fingerprint density at radius 3 is 2.22 bits per heavy atom. The van der Waals surface area contributed by atoms with Gasteiger partial charge in [0, 0.05) is 25.3 Å². The fourth-order valence-corrected chi connectivity index (χ4v) is 3.74. The van der Waals surface area contributed by atoms with E-state index in [1.807, 2.05) is 0 Å². The molecule has 2 atom stereocenters. The molecule has 3 amide bonds. The maximum absolute atomic E-state index is 12.5. The van der Waals surface area contributed by atoms with Crippen LogP contribution in [0.1, 0.15) is 30.1 Å². The van der Waals surface area contributed by atoms with Crippen LogP contribution in [0.2, 0.25) is 10.0 Å². The highest BCUT2D eigenvalue weighted by molar-refractivity contribution is 6.39. The largest absolute Gasteiger partial charge is 0.393 e. The van der Waals surface area contributed by atoms with E-state index in [0.717, 1.165) is 6.21 Å². The summed E-state index contributed by atoms with van der Waals surface area (Å²) in [6.45, 7) is 2.99. The number of hydrogen-bond acceptors (Lipinski definition) is 8. The highest BCUT2D eigenvalue weighted by atomic mass is 35.5. The molecule has 0 bridgehead atoms. The number of piperidine rings is 1. The summed E-state index contributed by atoms with van der Waals surface area (Å²) in [6, 6.07) is 3.91. The van der Waals surface area contributed by atoms with Crippen LogP contribution in [0.4, 0.5) is 0 Å². The number of aldehydes is 1. The molecule has 1 aromatic carbocycles. The number of rotatable bonds is 9. The van der Waals surface area contributed by atoms with E-state index in [1.54, 1.807) is 24.9 Å². The predicted octanol–water partition coefficient (Wildman–Crippen LogP) is 1.01. The first-order chi connectivity index (χ1) is 17.5. The number of halogens is 3. The fraction of sp³-hybridized carbons (Fsp3) is 0.435. The molecule has 0 aromatic heterocycles. The van der Waals surface area contributed by atoms with Crippen molar-refractivity contribution in [2.45, 2.75) is 37.2 Å². The van der Waals surface area contributed by atoms with Gasteiger partial charge in [-0.05, 0) is 38.9 Å². The molecule has 1 aromatic rings. The number of amides is 3. The molecule has 0 saturated carbocycles. The molecule has 37 heavy (non-hydrogen) atoms. The number of likely N-dealkylation sites (N-methyl/N-ethyl adjacent to an activating group) is 1. The fourth-order valence-electron chi connectivity index (χ4n) is 3.11. The monoisotopic (exact) mass is 575 g/mol. The van der Waals surface area contributed by atoms with Gasteiger partial charge in [-0.25, -0.2) is 0 Å². The number of benzene rings is 1. The van der Waals surface area contributed by atoms with Gasteiger partial charge in [0.2, 0.25) is 5.91 Å². The first kappa shape index (κ1) is 32.3. The van der Waals surface area contributed by atoms with Crippen LogP contribution >= 0.6 is 34.8 Å². The maximum atomic E-state index is 12.5. The average molecular weight is 577 g/mol. The Morgan fingerprint density at radius 2 is 1.78 bits per heavy atom. The van der Waals surface area contributed by atoms with Gasteiger partial charge in [-0.15, -0.1) is 11.6 Å². The third-order valence-corrected chi connectivity index (χ3v) is 6.24. The Morgan fingerprint density at radius 1 is 1.22 bits per heavy atom. The van der Waals surface area contributed by atoms with E-state index in [2.05, 4.69) is 16.0 Å². The normalized spacial score (nSPS) is 15.8. The van der Waals surface area contributed by atoms with Crippen molar-refractivity contribution in [2.24, 2.45) is 11.5 Å². The van der Waals surface area contributed by atoms with Crippen molar-refractivity contribution in [3.63, 3.8) is 0 Å². The second-order valence-corrected chi connectivity index (χ2v) is 9.58. The van der Waals surface area contributed by atoms with Gasteiger partial charge in [-0.2, -0.15) is 0 Å². The minimum absolute atomic E-state index is 0.00808. The predicted molar refractivity (Wildman–Crippen MR) is 145 cm³/mol. The Bertz CT molecular complexity index is 992. The third kappa shape index (κ3) is 10.3. The first-order valence-corrected chi connectivity index (χ1v) is 12.5. The number of carbonyl (C=O) groups is 4. The second kappa shape index (κ2) is 16.2. The van der Waals surface area contributed by atoms with E-state index in [1.165, 1.54) is 12.1 Å². The summed E-state index contributed by atoms with van der Waals surface area (Å²) in [5.74, 6) is -1.29. The molecule has 1 unspecified atom stereocenters. The molecule has 1 aliphatic heterocycles. The Labute approximate surface area is 230 Å². The maximum Gasteiger partial charge on any atom is 0.269 e. The molecule has 11 nitrogen and oxygen atoms in total. The molecule has 0 radical (unpaired) electrons. The van der Waals surface area contributed by atoms with Crippen LogP contribution in [0.5, 0.6) is 0 Å². The van der Waals surface area contributed by atoms with E-state index >= 15 is 0 Å². The van der Waals surface area contributed by atoms with Crippen molar-refractivity contribution in [1.29, 1.82) is 5.41 Å². The van der Waals surface area contributed by atoms with E-state index in [4.69, 9.17) is 51.7 Å². The first-order valence-electron chi connectivity index (χ1n) is 11.3. The lowest BCUT2D eigenvalue weighted by molar-refractivity contribution is -0.131. The van der Waals surface area contributed by atoms with Gasteiger partial charge in [0.25, 0.3) is 11.8 Å². The number of alkyl halides is 1. The van der Waals surface area contributed by atoms with Crippen LogP contribution in [0.3, 0.4) is 0 Å². The van der Waals surface area contributed by atoms with Crippen molar-refractivity contribution in [2.75, 3.05) is 26.7 Å². The van der Waals surface area contributed by atoms with Crippen molar-refractivity contribution >= 4 is 65.0 Å². The second-order valence-electron chi connectivity index (χ2n) is 8.07. The minimum Gasteiger partial charge on any atom is -0.393 e. The summed E-state index contributed by atoms with van der Waals surface area (Å²) >= 11 is 17.4. The lowest BCUT2D eigenvalue weighted by Gasteiger charge is -2.32. The number of nitrogens with two attached hydrogens (primary N) is 2. The van der Waals surface area contributed by atoms with Crippen molar-refractivity contribution in [1.82, 2.24) is 20.9 Å². The molecule has 1 heterocycles.